The van der Waals surface area contributed by atoms with E-state index in [0.29, 0.717) is 23.4 Å². The molecule has 5 heterocycles. The lowest BCUT2D eigenvalue weighted by molar-refractivity contribution is 0.174. The number of aromatic nitrogens is 4. The lowest BCUT2D eigenvalue weighted by Gasteiger charge is -2.29. The van der Waals surface area contributed by atoms with Gasteiger partial charge in [-0.1, -0.05) is 11.8 Å². The summed E-state index contributed by atoms with van der Waals surface area (Å²) in [4.78, 5) is 14.5. The number of ether oxygens (including phenoxy) is 2. The number of hydrogen-bond donors (Lipinski definition) is 2. The van der Waals surface area contributed by atoms with Gasteiger partial charge in [0.05, 0.1) is 0 Å². The van der Waals surface area contributed by atoms with Crippen LogP contribution < -0.4 is 20.5 Å². The maximum Gasteiger partial charge on any atom is 0.231 e. The van der Waals surface area contributed by atoms with Gasteiger partial charge in [0.1, 0.15) is 6.33 Å². The second-order valence-electron chi connectivity index (χ2n) is 8.48. The summed E-state index contributed by atoms with van der Waals surface area (Å²) in [6, 6.07) is 5.32. The third kappa shape index (κ3) is 3.64. The van der Waals surface area contributed by atoms with Crippen molar-refractivity contribution in [1.82, 2.24) is 24.8 Å². The van der Waals surface area contributed by atoms with Crippen molar-refractivity contribution in [2.45, 2.75) is 60.8 Å². The number of rotatable bonds is 5. The predicted octanol–water partition coefficient (Wildman–Crippen LogP) is 3.97. The first-order valence-corrected chi connectivity index (χ1v) is 12.2. The minimum Gasteiger partial charge on any atom is -0.454 e. The molecule has 162 valence electrons. The average Bonchev–Trinajstić information content (AvgIpc) is 3.44. The lowest BCUT2D eigenvalue weighted by atomic mass is 9.90. The number of piperidine rings is 1. The summed E-state index contributed by atoms with van der Waals surface area (Å²) in [5.41, 5.74) is 7.58. The second kappa shape index (κ2) is 7.83. The standard InChI is InChI=1S/C21H23BrN6O2S/c22-14-7-15-16(30-10-29-15)8-17(14)31-21-27-18-19(23)24-9-25-20(18)28(21)4-3-11-5-12-1-2-13(6-11)26-12/h7-9,11-13,26H,1-6,10H2,(H2,23,24,25). The SMILES string of the molecule is Nc1ncnc2c1nc(Sc1cc3c(cc1Br)OCO3)n2CCC1CC2CCC(C1)N2. The van der Waals surface area contributed by atoms with Crippen LogP contribution in [0.4, 0.5) is 5.82 Å². The maximum absolute atomic E-state index is 6.13. The average molecular weight is 503 g/mol. The van der Waals surface area contributed by atoms with Gasteiger partial charge >= 0.3 is 0 Å². The molecule has 1 aromatic carbocycles. The fourth-order valence-corrected chi connectivity index (χ4v) is 6.52. The van der Waals surface area contributed by atoms with Gasteiger partial charge in [-0.25, -0.2) is 15.0 Å². The Kier molecular flexibility index (Phi) is 4.96. The molecule has 2 bridgehead atoms. The van der Waals surface area contributed by atoms with Crippen LogP contribution in [-0.2, 0) is 6.54 Å². The highest BCUT2D eigenvalue weighted by molar-refractivity contribution is 9.10. The van der Waals surface area contributed by atoms with Gasteiger partial charge in [-0.2, -0.15) is 0 Å². The zero-order chi connectivity index (χ0) is 20.9. The van der Waals surface area contributed by atoms with Crippen LogP contribution in [0.25, 0.3) is 11.2 Å². The van der Waals surface area contributed by atoms with E-state index in [1.54, 1.807) is 11.8 Å². The lowest BCUT2D eigenvalue weighted by Crippen LogP contribution is -2.38. The predicted molar refractivity (Wildman–Crippen MR) is 121 cm³/mol. The summed E-state index contributed by atoms with van der Waals surface area (Å²) >= 11 is 5.23. The first-order valence-electron chi connectivity index (χ1n) is 10.6. The number of nitrogens with one attached hydrogen (secondary N) is 1. The van der Waals surface area contributed by atoms with Crippen LogP contribution in [0.15, 0.2) is 33.0 Å². The van der Waals surface area contributed by atoms with Gasteiger partial charge in [-0.3, -0.25) is 0 Å². The quantitative estimate of drug-likeness (QED) is 0.540. The summed E-state index contributed by atoms with van der Waals surface area (Å²) in [6.07, 6.45) is 7.79. The van der Waals surface area contributed by atoms with E-state index < -0.39 is 0 Å². The molecule has 3 N–H and O–H groups in total. The highest BCUT2D eigenvalue weighted by Gasteiger charge is 2.33. The van der Waals surface area contributed by atoms with Gasteiger partial charge in [0.25, 0.3) is 0 Å². The Balaban J connectivity index is 1.31. The van der Waals surface area contributed by atoms with Crippen molar-refractivity contribution in [3.8, 4) is 11.5 Å². The Bertz CT molecular complexity index is 1140. The van der Waals surface area contributed by atoms with Crippen molar-refractivity contribution >= 4 is 44.7 Å². The zero-order valence-electron chi connectivity index (χ0n) is 16.9. The number of hydrogen-bond acceptors (Lipinski definition) is 8. The summed E-state index contributed by atoms with van der Waals surface area (Å²) in [5.74, 6) is 2.64. The van der Waals surface area contributed by atoms with E-state index in [9.17, 15) is 0 Å². The molecule has 2 saturated heterocycles. The van der Waals surface area contributed by atoms with E-state index in [0.717, 1.165) is 50.6 Å². The van der Waals surface area contributed by atoms with Crippen LogP contribution in [0.3, 0.4) is 0 Å². The van der Waals surface area contributed by atoms with Crippen molar-refractivity contribution in [2.24, 2.45) is 5.92 Å². The van der Waals surface area contributed by atoms with Crippen LogP contribution in [0.5, 0.6) is 11.5 Å². The molecule has 0 radical (unpaired) electrons. The molecule has 0 spiro atoms. The Morgan fingerprint density at radius 2 is 1.94 bits per heavy atom. The summed E-state index contributed by atoms with van der Waals surface area (Å²) in [6.45, 7) is 1.11. The molecule has 31 heavy (non-hydrogen) atoms. The Morgan fingerprint density at radius 3 is 2.74 bits per heavy atom. The molecule has 2 aromatic heterocycles. The maximum atomic E-state index is 6.13. The van der Waals surface area contributed by atoms with Crippen LogP contribution in [-0.4, -0.2) is 38.4 Å². The number of imidazole rings is 1. The number of anilines is 1. The minimum atomic E-state index is 0.249. The molecule has 0 aliphatic carbocycles. The fraction of sp³-hybridized carbons (Fsp3) is 0.476. The number of nitrogens with two attached hydrogens (primary N) is 1. The smallest absolute Gasteiger partial charge is 0.231 e. The molecule has 2 atom stereocenters. The first-order chi connectivity index (χ1) is 15.1. The highest BCUT2D eigenvalue weighted by Crippen LogP contribution is 2.43. The highest BCUT2D eigenvalue weighted by atomic mass is 79.9. The molecule has 8 nitrogen and oxygen atoms in total. The summed E-state index contributed by atoms with van der Waals surface area (Å²) in [7, 11) is 0. The van der Waals surface area contributed by atoms with E-state index in [2.05, 4.69) is 35.8 Å². The molecular weight excluding hydrogens is 480 g/mol. The summed E-state index contributed by atoms with van der Waals surface area (Å²) < 4.78 is 14.2. The van der Waals surface area contributed by atoms with E-state index in [-0.39, 0.29) is 6.79 Å². The van der Waals surface area contributed by atoms with Gasteiger partial charge in [-0.05, 0) is 66.1 Å². The van der Waals surface area contributed by atoms with Gasteiger partial charge in [-0.15, -0.1) is 0 Å². The third-order valence-corrected chi connectivity index (χ3v) is 8.46. The molecular formula is C21H23BrN6O2S. The van der Waals surface area contributed by atoms with Crippen LogP contribution >= 0.6 is 27.7 Å². The Hall–Kier alpha value is -2.04. The number of halogens is 1. The molecule has 3 aromatic rings. The van der Waals surface area contributed by atoms with Crippen molar-refractivity contribution in [3.63, 3.8) is 0 Å². The van der Waals surface area contributed by atoms with E-state index >= 15 is 0 Å². The van der Waals surface area contributed by atoms with Crippen LogP contribution in [0.2, 0.25) is 0 Å². The summed E-state index contributed by atoms with van der Waals surface area (Å²) in [5, 5.41) is 4.59. The van der Waals surface area contributed by atoms with Gasteiger partial charge < -0.3 is 25.1 Å². The third-order valence-electron chi connectivity index (χ3n) is 6.49. The van der Waals surface area contributed by atoms with Crippen LogP contribution in [0, 0.1) is 5.92 Å². The Morgan fingerprint density at radius 1 is 1.16 bits per heavy atom. The normalized spacial score (nSPS) is 24.2. The second-order valence-corrected chi connectivity index (χ2v) is 10.3. The van der Waals surface area contributed by atoms with Crippen molar-refractivity contribution in [2.75, 3.05) is 12.5 Å². The molecule has 0 saturated carbocycles. The van der Waals surface area contributed by atoms with Crippen LogP contribution in [0.1, 0.15) is 32.1 Å². The molecule has 2 unspecified atom stereocenters. The number of nitrogens with zero attached hydrogens (tertiary/aromatic N) is 4. The van der Waals surface area contributed by atoms with Crippen molar-refractivity contribution < 1.29 is 9.47 Å². The van der Waals surface area contributed by atoms with Gasteiger partial charge in [0, 0.05) is 28.0 Å². The minimum absolute atomic E-state index is 0.249. The molecule has 3 aliphatic rings. The van der Waals surface area contributed by atoms with E-state index in [1.807, 2.05) is 12.1 Å². The number of benzene rings is 1. The largest absolute Gasteiger partial charge is 0.454 e. The first kappa shape index (κ1) is 19.6. The van der Waals surface area contributed by atoms with Crippen molar-refractivity contribution in [3.05, 3.63) is 22.9 Å². The van der Waals surface area contributed by atoms with Gasteiger partial charge in [0.15, 0.2) is 33.6 Å². The Labute approximate surface area is 192 Å². The molecule has 10 heteroatoms. The zero-order valence-corrected chi connectivity index (χ0v) is 19.3. The number of fused-ring (bicyclic) bond motifs is 4. The fourth-order valence-electron chi connectivity index (χ4n) is 5.01. The van der Waals surface area contributed by atoms with E-state index in [4.69, 9.17) is 20.2 Å². The van der Waals surface area contributed by atoms with Gasteiger partial charge in [0.2, 0.25) is 6.79 Å². The topological polar surface area (TPSA) is 100 Å². The molecule has 2 fully saturated rings. The van der Waals surface area contributed by atoms with Crippen molar-refractivity contribution in [1.29, 1.82) is 0 Å². The monoisotopic (exact) mass is 502 g/mol. The molecule has 6 rings (SSSR count). The number of nitrogen functional groups attached to an aromatic ring is 1. The van der Waals surface area contributed by atoms with E-state index in [1.165, 1.54) is 32.0 Å². The molecule has 0 amide bonds. The molecule has 3 aliphatic heterocycles. The number of aryl methyl sites for hydroxylation is 1.